The summed E-state index contributed by atoms with van der Waals surface area (Å²) in [5, 5.41) is 0. The number of halogens is 2. The van der Waals surface area contributed by atoms with Crippen molar-refractivity contribution in [1.29, 1.82) is 0 Å². The maximum atomic E-state index is 5.87. The highest BCUT2D eigenvalue weighted by atomic mass is 35.5. The van der Waals surface area contributed by atoms with Gasteiger partial charge in [0.05, 0.1) is 0 Å². The molecule has 0 radical (unpaired) electrons. The maximum Gasteiger partial charge on any atom is 0.0466 e. The van der Waals surface area contributed by atoms with Gasteiger partial charge < -0.3 is 4.74 Å². The van der Waals surface area contributed by atoms with E-state index in [-0.39, 0.29) is 0 Å². The maximum absolute atomic E-state index is 5.87. The van der Waals surface area contributed by atoms with E-state index in [1.165, 1.54) is 205 Å². The van der Waals surface area contributed by atoms with E-state index in [4.69, 9.17) is 27.9 Å². The van der Waals surface area contributed by atoms with Crippen molar-refractivity contribution in [2.75, 3.05) is 25.0 Å². The molecule has 0 atom stereocenters. The molecule has 0 fully saturated rings. The number of hydrogen-bond donors (Lipinski definition) is 0. The molecule has 0 aliphatic heterocycles. The molecule has 0 heterocycles. The smallest absolute Gasteiger partial charge is 0.0466 e. The van der Waals surface area contributed by atoms with Gasteiger partial charge in [-0.15, -0.1) is 23.2 Å². The summed E-state index contributed by atoms with van der Waals surface area (Å²) < 4.78 is 5.87. The number of alkyl halides is 2. The van der Waals surface area contributed by atoms with Crippen molar-refractivity contribution >= 4 is 23.2 Å². The summed E-state index contributed by atoms with van der Waals surface area (Å²) in [6, 6.07) is 0. The minimum Gasteiger partial charge on any atom is -0.381 e. The highest BCUT2D eigenvalue weighted by Crippen LogP contribution is 2.15. The molecule has 0 aliphatic carbocycles. The van der Waals surface area contributed by atoms with Crippen molar-refractivity contribution in [3.05, 3.63) is 0 Å². The van der Waals surface area contributed by atoms with Crippen LogP contribution in [0.5, 0.6) is 0 Å². The molecular formula is C36H72Cl2O. The average molecular weight is 592 g/mol. The Morgan fingerprint density at radius 2 is 0.359 bits per heavy atom. The highest BCUT2D eigenvalue weighted by Gasteiger charge is 1.97. The van der Waals surface area contributed by atoms with Gasteiger partial charge in [0.1, 0.15) is 0 Å². The van der Waals surface area contributed by atoms with Gasteiger partial charge in [-0.1, -0.05) is 180 Å². The molecule has 39 heavy (non-hydrogen) atoms. The van der Waals surface area contributed by atoms with Gasteiger partial charge in [0.15, 0.2) is 0 Å². The van der Waals surface area contributed by atoms with Crippen LogP contribution < -0.4 is 0 Å². The third-order valence-corrected chi connectivity index (χ3v) is 8.88. The Labute approximate surface area is 257 Å². The first-order chi connectivity index (χ1) is 19.4. The topological polar surface area (TPSA) is 9.23 Å². The van der Waals surface area contributed by atoms with Crippen LogP contribution in [0.15, 0.2) is 0 Å². The Kier molecular flexibility index (Phi) is 39.1. The molecule has 0 aromatic heterocycles. The quantitative estimate of drug-likeness (QED) is 0.0520. The van der Waals surface area contributed by atoms with Crippen molar-refractivity contribution in [2.45, 2.75) is 205 Å². The molecule has 1 nitrogen and oxygen atoms in total. The zero-order valence-electron chi connectivity index (χ0n) is 26.6. The van der Waals surface area contributed by atoms with E-state index in [2.05, 4.69) is 0 Å². The summed E-state index contributed by atoms with van der Waals surface area (Å²) in [6.45, 7) is 1.97. The predicted octanol–water partition coefficient (Wildman–Crippen LogP) is 14.0. The van der Waals surface area contributed by atoms with Crippen LogP contribution in [0.3, 0.4) is 0 Å². The third-order valence-electron chi connectivity index (χ3n) is 8.34. The molecule has 0 rings (SSSR count). The largest absolute Gasteiger partial charge is 0.381 e. The summed E-state index contributed by atoms with van der Waals surface area (Å²) in [4.78, 5) is 0. The van der Waals surface area contributed by atoms with Crippen LogP contribution in [-0.2, 0) is 4.74 Å². The first-order valence-corrected chi connectivity index (χ1v) is 19.2. The summed E-state index contributed by atoms with van der Waals surface area (Å²) in [5.41, 5.74) is 0. The van der Waals surface area contributed by atoms with Gasteiger partial charge >= 0.3 is 0 Å². The number of rotatable bonds is 36. The second-order valence-corrected chi connectivity index (χ2v) is 13.1. The fourth-order valence-electron chi connectivity index (χ4n) is 5.65. The van der Waals surface area contributed by atoms with Crippen molar-refractivity contribution in [3.63, 3.8) is 0 Å². The SMILES string of the molecule is ClCCCCCCCCCCCCCCCCCCOCCCCCCCCCCCCCCCCCCCl. The molecule has 0 spiro atoms. The van der Waals surface area contributed by atoms with Crippen molar-refractivity contribution < 1.29 is 4.74 Å². The number of hydrogen-bond acceptors (Lipinski definition) is 1. The summed E-state index contributed by atoms with van der Waals surface area (Å²) >= 11 is 11.4. The summed E-state index contributed by atoms with van der Waals surface area (Å²) in [7, 11) is 0. The van der Waals surface area contributed by atoms with Crippen molar-refractivity contribution in [1.82, 2.24) is 0 Å². The van der Waals surface area contributed by atoms with Crippen LogP contribution >= 0.6 is 23.2 Å². The lowest BCUT2D eigenvalue weighted by molar-refractivity contribution is 0.125. The normalized spacial score (nSPS) is 11.5. The zero-order chi connectivity index (χ0) is 28.2. The lowest BCUT2D eigenvalue weighted by atomic mass is 10.0. The van der Waals surface area contributed by atoms with E-state index in [0.29, 0.717) is 0 Å². The average Bonchev–Trinajstić information content (AvgIpc) is 2.95. The molecule has 0 unspecified atom stereocenters. The fraction of sp³-hybridized carbons (Fsp3) is 1.00. The van der Waals surface area contributed by atoms with Gasteiger partial charge in [-0.3, -0.25) is 0 Å². The molecule has 0 saturated heterocycles. The molecule has 0 saturated carbocycles. The minimum absolute atomic E-state index is 0.840. The molecule has 0 aromatic rings. The van der Waals surface area contributed by atoms with E-state index in [1.54, 1.807) is 0 Å². The van der Waals surface area contributed by atoms with Crippen LogP contribution in [0.4, 0.5) is 0 Å². The third kappa shape index (κ3) is 38.5. The van der Waals surface area contributed by atoms with Crippen molar-refractivity contribution in [2.24, 2.45) is 0 Å². The van der Waals surface area contributed by atoms with Gasteiger partial charge in [0.25, 0.3) is 0 Å². The number of ether oxygens (including phenoxy) is 1. The standard InChI is InChI=1S/C36H72Cl2O/c37-33-29-25-21-17-13-9-5-1-3-7-11-15-19-23-27-31-35-39-36-32-28-24-20-16-12-8-4-2-6-10-14-18-22-26-30-34-38/h1-36H2. The molecule has 0 aromatic carbocycles. The van der Waals surface area contributed by atoms with Crippen LogP contribution in [0.1, 0.15) is 205 Å². The predicted molar refractivity (Wildman–Crippen MR) is 180 cm³/mol. The van der Waals surface area contributed by atoms with Crippen LogP contribution in [0, 0.1) is 0 Å². The first-order valence-electron chi connectivity index (χ1n) is 18.1. The van der Waals surface area contributed by atoms with Gasteiger partial charge in [0.2, 0.25) is 0 Å². The Hall–Kier alpha value is 0.540. The lowest BCUT2D eigenvalue weighted by Gasteiger charge is -2.06. The van der Waals surface area contributed by atoms with Gasteiger partial charge in [-0.25, -0.2) is 0 Å². The Morgan fingerprint density at radius 3 is 0.538 bits per heavy atom. The monoisotopic (exact) mass is 590 g/mol. The first kappa shape index (κ1) is 39.5. The molecular weight excluding hydrogens is 519 g/mol. The second-order valence-electron chi connectivity index (χ2n) is 12.3. The van der Waals surface area contributed by atoms with Crippen LogP contribution in [-0.4, -0.2) is 25.0 Å². The van der Waals surface area contributed by atoms with Gasteiger partial charge in [0, 0.05) is 25.0 Å². The highest BCUT2D eigenvalue weighted by molar-refractivity contribution is 6.18. The zero-order valence-corrected chi connectivity index (χ0v) is 28.1. The van der Waals surface area contributed by atoms with Crippen molar-refractivity contribution in [3.8, 4) is 0 Å². The molecule has 0 N–H and O–H groups in total. The van der Waals surface area contributed by atoms with Gasteiger partial charge in [-0.2, -0.15) is 0 Å². The molecule has 0 amide bonds. The summed E-state index contributed by atoms with van der Waals surface area (Å²) in [6.07, 6.45) is 44.8. The lowest BCUT2D eigenvalue weighted by Crippen LogP contribution is -1.97. The number of unbranched alkanes of at least 4 members (excludes halogenated alkanes) is 30. The van der Waals surface area contributed by atoms with E-state index in [9.17, 15) is 0 Å². The van der Waals surface area contributed by atoms with E-state index < -0.39 is 0 Å². The molecule has 0 bridgehead atoms. The fourth-order valence-corrected chi connectivity index (χ4v) is 6.03. The molecule has 236 valence electrons. The Bertz CT molecular complexity index is 368. The molecule has 3 heteroatoms. The summed E-state index contributed by atoms with van der Waals surface area (Å²) in [5.74, 6) is 1.68. The van der Waals surface area contributed by atoms with E-state index >= 15 is 0 Å². The Balaban J connectivity index is 3.01. The van der Waals surface area contributed by atoms with Crippen LogP contribution in [0.2, 0.25) is 0 Å². The van der Waals surface area contributed by atoms with Crippen LogP contribution in [0.25, 0.3) is 0 Å². The van der Waals surface area contributed by atoms with E-state index in [1.807, 2.05) is 0 Å². The minimum atomic E-state index is 0.840. The van der Waals surface area contributed by atoms with Gasteiger partial charge in [-0.05, 0) is 25.7 Å². The second kappa shape index (κ2) is 38.5. The molecule has 0 aliphatic rings. The van der Waals surface area contributed by atoms with E-state index in [0.717, 1.165) is 25.0 Å². The Morgan fingerprint density at radius 1 is 0.205 bits per heavy atom.